The molecule has 1 fully saturated rings. The van der Waals surface area contributed by atoms with Gasteiger partial charge >= 0.3 is 6.09 Å². The molecule has 0 bridgehead atoms. The molecule has 2 aromatic rings. The van der Waals surface area contributed by atoms with E-state index in [1.165, 1.54) is 0 Å². The lowest BCUT2D eigenvalue weighted by atomic mass is 10.1. The highest BCUT2D eigenvalue weighted by Crippen LogP contribution is 2.29. The van der Waals surface area contributed by atoms with E-state index in [0.717, 1.165) is 10.6 Å². The maximum atomic E-state index is 12.8. The van der Waals surface area contributed by atoms with Crippen LogP contribution >= 0.6 is 0 Å². The van der Waals surface area contributed by atoms with Gasteiger partial charge in [-0.25, -0.2) is 4.79 Å². The van der Waals surface area contributed by atoms with E-state index in [9.17, 15) is 19.2 Å². The Balaban J connectivity index is 1.62. The van der Waals surface area contributed by atoms with Crippen LogP contribution in [-0.4, -0.2) is 52.2 Å². The van der Waals surface area contributed by atoms with Crippen molar-refractivity contribution in [1.82, 2.24) is 14.8 Å². The van der Waals surface area contributed by atoms with Crippen molar-refractivity contribution in [1.29, 1.82) is 0 Å². The van der Waals surface area contributed by atoms with Crippen LogP contribution < -0.4 is 21.3 Å². The summed E-state index contributed by atoms with van der Waals surface area (Å²) in [6, 6.07) is 7.84. The minimum absolute atomic E-state index is 0.0404. The first-order valence-corrected chi connectivity index (χ1v) is 10.2. The molecule has 10 nitrogen and oxygen atoms in total. The molecule has 3 N–H and O–H groups in total. The minimum atomic E-state index is -0.654. The Kier molecular flexibility index (Phi) is 5.15. The summed E-state index contributed by atoms with van der Waals surface area (Å²) in [5.41, 5.74) is 5.23. The Bertz CT molecular complexity index is 1180. The lowest BCUT2D eigenvalue weighted by Crippen LogP contribution is -2.36. The fraction of sp³-hybridized carbons (Fsp3) is 0.364. The molecule has 3 amide bonds. The number of benzene rings is 1. The molecule has 0 aliphatic carbocycles. The van der Waals surface area contributed by atoms with Crippen molar-refractivity contribution < 1.29 is 23.9 Å². The van der Waals surface area contributed by atoms with Crippen LogP contribution in [0.25, 0.3) is 5.69 Å². The van der Waals surface area contributed by atoms with Crippen LogP contribution in [0.3, 0.4) is 0 Å². The maximum absolute atomic E-state index is 12.8. The van der Waals surface area contributed by atoms with E-state index >= 15 is 0 Å². The zero-order chi connectivity index (χ0) is 23.2. The number of fused-ring (bicyclic) bond motifs is 1. The van der Waals surface area contributed by atoms with Crippen LogP contribution in [0.5, 0.6) is 5.75 Å². The lowest BCUT2D eigenvalue weighted by Gasteiger charge is -2.24. The molecule has 4 rings (SSSR count). The summed E-state index contributed by atoms with van der Waals surface area (Å²) < 4.78 is 12.7. The van der Waals surface area contributed by atoms with Gasteiger partial charge in [-0.1, -0.05) is 12.1 Å². The topological polar surface area (TPSA) is 133 Å². The predicted molar refractivity (Wildman–Crippen MR) is 115 cm³/mol. The summed E-state index contributed by atoms with van der Waals surface area (Å²) >= 11 is 0. The molecule has 2 aliphatic heterocycles. The fourth-order valence-electron chi connectivity index (χ4n) is 3.77. The molecule has 168 valence electrons. The summed E-state index contributed by atoms with van der Waals surface area (Å²) in [5.74, 6) is -1.09. The van der Waals surface area contributed by atoms with Crippen molar-refractivity contribution in [3.63, 3.8) is 0 Å². The molecule has 1 atom stereocenters. The number of hydrogen-bond donors (Lipinski definition) is 2. The van der Waals surface area contributed by atoms with Crippen molar-refractivity contribution in [2.24, 2.45) is 0 Å². The van der Waals surface area contributed by atoms with Crippen LogP contribution in [0.2, 0.25) is 0 Å². The van der Waals surface area contributed by atoms with Gasteiger partial charge in [-0.2, -0.15) is 0 Å². The van der Waals surface area contributed by atoms with E-state index in [1.54, 1.807) is 49.9 Å². The smallest absolute Gasteiger partial charge is 0.410 e. The van der Waals surface area contributed by atoms with Gasteiger partial charge in [0, 0.05) is 19.0 Å². The Labute approximate surface area is 183 Å². The van der Waals surface area contributed by atoms with Gasteiger partial charge in [-0.3, -0.25) is 24.3 Å². The normalized spacial score (nSPS) is 17.8. The van der Waals surface area contributed by atoms with Crippen LogP contribution in [-0.2, 0) is 4.74 Å². The number of likely N-dealkylation sites (tertiary alicyclic amines) is 1. The largest absolute Gasteiger partial charge is 0.486 e. The number of anilines is 1. The number of rotatable bonds is 3. The monoisotopic (exact) mass is 440 g/mol. The van der Waals surface area contributed by atoms with E-state index in [4.69, 9.17) is 15.2 Å². The van der Waals surface area contributed by atoms with Crippen molar-refractivity contribution >= 4 is 23.7 Å². The average Bonchev–Trinajstić information content (AvgIpc) is 3.26. The first-order chi connectivity index (χ1) is 15.0. The second-order valence-corrected chi connectivity index (χ2v) is 8.70. The van der Waals surface area contributed by atoms with Crippen LogP contribution in [0.4, 0.5) is 10.6 Å². The van der Waals surface area contributed by atoms with Gasteiger partial charge in [0.15, 0.2) is 0 Å². The van der Waals surface area contributed by atoms with E-state index in [2.05, 4.69) is 5.32 Å². The highest BCUT2D eigenvalue weighted by atomic mass is 16.6. The van der Waals surface area contributed by atoms with Crippen LogP contribution in [0.15, 0.2) is 35.1 Å². The number of carbonyl (C=O) groups excluding carboxylic acids is 3. The Morgan fingerprint density at radius 2 is 1.88 bits per heavy atom. The Hall–Kier alpha value is -3.82. The van der Waals surface area contributed by atoms with E-state index < -0.39 is 29.1 Å². The second-order valence-electron chi connectivity index (χ2n) is 8.70. The number of nitrogens with one attached hydrogen (secondary N) is 1. The zero-order valence-corrected chi connectivity index (χ0v) is 18.0. The summed E-state index contributed by atoms with van der Waals surface area (Å²) in [5, 5.41) is 2.14. The third kappa shape index (κ3) is 3.91. The summed E-state index contributed by atoms with van der Waals surface area (Å²) in [7, 11) is 0. The molecular weight excluding hydrogens is 416 g/mol. The Morgan fingerprint density at radius 3 is 2.59 bits per heavy atom. The molecule has 1 unspecified atom stereocenters. The third-order valence-corrected chi connectivity index (χ3v) is 5.15. The number of pyridine rings is 1. The second kappa shape index (κ2) is 7.70. The molecule has 1 saturated heterocycles. The average molecular weight is 440 g/mol. The first kappa shape index (κ1) is 21.4. The number of aromatic nitrogens is 1. The molecule has 1 aromatic carbocycles. The summed E-state index contributed by atoms with van der Waals surface area (Å²) in [6.45, 7) is 6.22. The first-order valence-electron chi connectivity index (χ1n) is 10.2. The SMILES string of the molecule is CC(C)(C)OC(=O)N1CCC(Oc2ccccc2-n2c(N)c3c(cc2=O)C(=O)NC3=O)C1. The van der Waals surface area contributed by atoms with Gasteiger partial charge in [0.25, 0.3) is 17.4 Å². The number of amides is 3. The van der Waals surface area contributed by atoms with Gasteiger partial charge in [0.1, 0.15) is 23.3 Å². The van der Waals surface area contributed by atoms with Crippen molar-refractivity contribution in [2.75, 3.05) is 18.8 Å². The molecule has 0 spiro atoms. The van der Waals surface area contributed by atoms with Gasteiger partial charge in [-0.15, -0.1) is 0 Å². The number of nitrogen functional groups attached to an aromatic ring is 1. The quantitative estimate of drug-likeness (QED) is 0.694. The van der Waals surface area contributed by atoms with Gasteiger partial charge in [0.05, 0.1) is 23.4 Å². The number of carbonyl (C=O) groups is 3. The fourth-order valence-corrected chi connectivity index (χ4v) is 3.77. The van der Waals surface area contributed by atoms with Crippen molar-refractivity contribution in [2.45, 2.75) is 38.9 Å². The number of nitrogens with zero attached hydrogens (tertiary/aromatic N) is 2. The number of nitrogens with two attached hydrogens (primary N) is 1. The molecule has 0 saturated carbocycles. The molecule has 2 aliphatic rings. The predicted octanol–water partition coefficient (Wildman–Crippen LogP) is 1.69. The molecule has 1 aromatic heterocycles. The van der Waals surface area contributed by atoms with E-state index in [-0.39, 0.29) is 23.0 Å². The van der Waals surface area contributed by atoms with Gasteiger partial charge < -0.3 is 20.1 Å². The lowest BCUT2D eigenvalue weighted by molar-refractivity contribution is 0.0275. The van der Waals surface area contributed by atoms with Crippen molar-refractivity contribution in [3.05, 3.63) is 51.8 Å². The third-order valence-electron chi connectivity index (χ3n) is 5.15. The molecular formula is C22H24N4O6. The molecule has 10 heteroatoms. The number of ether oxygens (including phenoxy) is 2. The van der Waals surface area contributed by atoms with Crippen LogP contribution in [0, 0.1) is 0 Å². The number of para-hydroxylation sites is 2. The summed E-state index contributed by atoms with van der Waals surface area (Å²) in [6.07, 6.45) is -0.148. The van der Waals surface area contributed by atoms with E-state index in [1.807, 2.05) is 0 Å². The number of imide groups is 1. The van der Waals surface area contributed by atoms with Crippen molar-refractivity contribution in [3.8, 4) is 11.4 Å². The number of hydrogen-bond acceptors (Lipinski definition) is 7. The molecule has 3 heterocycles. The summed E-state index contributed by atoms with van der Waals surface area (Å²) in [4.78, 5) is 50.7. The van der Waals surface area contributed by atoms with Crippen LogP contribution in [0.1, 0.15) is 47.9 Å². The highest BCUT2D eigenvalue weighted by Gasteiger charge is 2.34. The minimum Gasteiger partial charge on any atom is -0.486 e. The van der Waals surface area contributed by atoms with Gasteiger partial charge in [0.2, 0.25) is 0 Å². The standard InChI is InChI=1S/C22H24N4O6/c1-22(2,3)32-21(30)25-9-8-12(11-25)31-15-7-5-4-6-14(15)26-16(27)10-13-17(18(26)23)20(29)24-19(13)28/h4-7,10,12H,8-9,11,23H2,1-3H3,(H,24,28,29). The Morgan fingerprint density at radius 1 is 1.16 bits per heavy atom. The van der Waals surface area contributed by atoms with E-state index in [0.29, 0.717) is 30.9 Å². The zero-order valence-electron chi connectivity index (χ0n) is 18.0. The highest BCUT2D eigenvalue weighted by molar-refractivity contribution is 6.23. The van der Waals surface area contributed by atoms with Gasteiger partial charge in [-0.05, 0) is 32.9 Å². The maximum Gasteiger partial charge on any atom is 0.410 e. The molecule has 0 radical (unpaired) electrons. The molecule has 32 heavy (non-hydrogen) atoms.